The molecule has 0 unspecified atom stereocenters. The lowest BCUT2D eigenvalue weighted by atomic mass is 10.2. The van der Waals surface area contributed by atoms with Crippen LogP contribution in [0.5, 0.6) is 0 Å². The van der Waals surface area contributed by atoms with Crippen LogP contribution < -0.4 is 5.32 Å². The maximum absolute atomic E-state index is 11.3. The molecule has 4 nitrogen and oxygen atoms in total. The molecule has 1 rings (SSSR count). The van der Waals surface area contributed by atoms with E-state index >= 15 is 0 Å². The molecule has 0 aromatic carbocycles. The van der Waals surface area contributed by atoms with Gasteiger partial charge in [0.05, 0.1) is 16.7 Å². The Morgan fingerprint density at radius 2 is 2.33 bits per heavy atom. The highest BCUT2D eigenvalue weighted by Gasteiger charge is 2.16. The molecule has 0 aliphatic rings. The van der Waals surface area contributed by atoms with Gasteiger partial charge in [-0.15, -0.1) is 0 Å². The van der Waals surface area contributed by atoms with Crippen LogP contribution in [0.25, 0.3) is 0 Å². The van der Waals surface area contributed by atoms with Crippen LogP contribution in [-0.2, 0) is 11.3 Å². The van der Waals surface area contributed by atoms with Crippen LogP contribution in [0.15, 0.2) is 9.85 Å². The van der Waals surface area contributed by atoms with Gasteiger partial charge in [0.15, 0.2) is 0 Å². The predicted molar refractivity (Wildman–Crippen MR) is 62.9 cm³/mol. The van der Waals surface area contributed by atoms with E-state index in [1.54, 1.807) is 0 Å². The van der Waals surface area contributed by atoms with Gasteiger partial charge in [0, 0.05) is 5.38 Å². The molecular formula is C9H13BrN2O2S. The first-order valence-corrected chi connectivity index (χ1v) is 6.07. The minimum atomic E-state index is -0.469. The predicted octanol–water partition coefficient (Wildman–Crippen LogP) is 2.93. The van der Waals surface area contributed by atoms with Crippen molar-refractivity contribution < 1.29 is 9.53 Å². The fourth-order valence-corrected chi connectivity index (χ4v) is 2.00. The summed E-state index contributed by atoms with van der Waals surface area (Å²) < 4.78 is 10.1. The summed E-state index contributed by atoms with van der Waals surface area (Å²) in [4.78, 5) is 11.3. The first kappa shape index (κ1) is 12.4. The number of carbonyl (C=O) groups excluding carboxylic acids is 1. The molecular weight excluding hydrogens is 280 g/mol. The second kappa shape index (κ2) is 4.94. The van der Waals surface area contributed by atoms with Crippen molar-refractivity contribution in [1.82, 2.24) is 9.69 Å². The summed E-state index contributed by atoms with van der Waals surface area (Å²) in [7, 11) is 0. The summed E-state index contributed by atoms with van der Waals surface area (Å²) in [5.74, 6) is 0. The van der Waals surface area contributed by atoms with Crippen LogP contribution >= 0.6 is 27.5 Å². The van der Waals surface area contributed by atoms with Gasteiger partial charge < -0.3 is 10.1 Å². The SMILES string of the molecule is CC(C)(C)OC(=O)NCc1nscc1Br. The van der Waals surface area contributed by atoms with Gasteiger partial charge in [0.25, 0.3) is 0 Å². The van der Waals surface area contributed by atoms with Gasteiger partial charge in [-0.3, -0.25) is 0 Å². The van der Waals surface area contributed by atoms with Crippen molar-refractivity contribution in [2.24, 2.45) is 0 Å². The Hall–Kier alpha value is -0.620. The summed E-state index contributed by atoms with van der Waals surface area (Å²) in [6, 6.07) is 0. The number of nitrogens with zero attached hydrogens (tertiary/aromatic N) is 1. The van der Waals surface area contributed by atoms with Gasteiger partial charge >= 0.3 is 6.09 Å². The van der Waals surface area contributed by atoms with Crippen molar-refractivity contribution in [3.05, 3.63) is 15.5 Å². The average molecular weight is 293 g/mol. The van der Waals surface area contributed by atoms with E-state index < -0.39 is 11.7 Å². The van der Waals surface area contributed by atoms with Gasteiger partial charge in [-0.2, -0.15) is 4.37 Å². The van der Waals surface area contributed by atoms with E-state index in [0.717, 1.165) is 10.2 Å². The highest BCUT2D eigenvalue weighted by molar-refractivity contribution is 9.10. The Kier molecular flexibility index (Phi) is 4.10. The zero-order chi connectivity index (χ0) is 11.5. The first-order valence-electron chi connectivity index (χ1n) is 4.44. The van der Waals surface area contributed by atoms with E-state index in [1.807, 2.05) is 26.2 Å². The molecule has 1 aromatic heterocycles. The molecule has 0 saturated carbocycles. The van der Waals surface area contributed by atoms with Crippen molar-refractivity contribution in [1.29, 1.82) is 0 Å². The lowest BCUT2D eigenvalue weighted by molar-refractivity contribution is 0.0523. The summed E-state index contributed by atoms with van der Waals surface area (Å²) in [5.41, 5.74) is 0.342. The summed E-state index contributed by atoms with van der Waals surface area (Å²) >= 11 is 4.68. The molecule has 0 aliphatic carbocycles. The molecule has 1 heterocycles. The highest BCUT2D eigenvalue weighted by Crippen LogP contribution is 2.17. The van der Waals surface area contributed by atoms with E-state index in [0.29, 0.717) is 6.54 Å². The fraction of sp³-hybridized carbons (Fsp3) is 0.556. The monoisotopic (exact) mass is 292 g/mol. The second-order valence-corrected chi connectivity index (χ2v) is 5.45. The largest absolute Gasteiger partial charge is 0.444 e. The summed E-state index contributed by atoms with van der Waals surface area (Å²) in [5, 5.41) is 4.50. The van der Waals surface area contributed by atoms with Crippen molar-refractivity contribution in [2.75, 3.05) is 0 Å². The van der Waals surface area contributed by atoms with E-state index in [4.69, 9.17) is 4.74 Å². The molecule has 0 aliphatic heterocycles. The number of carbonyl (C=O) groups is 1. The third-order valence-corrected chi connectivity index (χ3v) is 3.05. The Morgan fingerprint density at radius 1 is 1.67 bits per heavy atom. The van der Waals surface area contributed by atoms with Gasteiger partial charge in [-0.1, -0.05) is 0 Å². The van der Waals surface area contributed by atoms with Gasteiger partial charge in [-0.25, -0.2) is 4.79 Å². The van der Waals surface area contributed by atoms with E-state index in [1.165, 1.54) is 11.5 Å². The quantitative estimate of drug-likeness (QED) is 0.912. The number of hydrogen-bond acceptors (Lipinski definition) is 4. The standard InChI is InChI=1S/C9H13BrN2O2S/c1-9(2,3)14-8(13)11-4-7-6(10)5-15-12-7/h5H,4H2,1-3H3,(H,11,13). The lowest BCUT2D eigenvalue weighted by Crippen LogP contribution is -2.32. The minimum Gasteiger partial charge on any atom is -0.444 e. The zero-order valence-electron chi connectivity index (χ0n) is 8.83. The third-order valence-electron chi connectivity index (χ3n) is 1.39. The minimum absolute atomic E-state index is 0.374. The lowest BCUT2D eigenvalue weighted by Gasteiger charge is -2.19. The molecule has 0 spiro atoms. The summed E-state index contributed by atoms with van der Waals surface area (Å²) in [6.45, 7) is 5.85. The number of alkyl carbamates (subject to hydrolysis) is 1. The smallest absolute Gasteiger partial charge is 0.407 e. The maximum Gasteiger partial charge on any atom is 0.407 e. The van der Waals surface area contributed by atoms with Gasteiger partial charge in [-0.05, 0) is 48.2 Å². The molecule has 0 radical (unpaired) electrons. The van der Waals surface area contributed by atoms with Crippen molar-refractivity contribution in [3.63, 3.8) is 0 Å². The first-order chi connectivity index (χ1) is 6.88. The molecule has 0 atom stereocenters. The topological polar surface area (TPSA) is 51.2 Å². The number of ether oxygens (including phenoxy) is 1. The van der Waals surface area contributed by atoms with Gasteiger partial charge in [0.1, 0.15) is 5.60 Å². The molecule has 0 fully saturated rings. The van der Waals surface area contributed by atoms with Crippen molar-refractivity contribution in [3.8, 4) is 0 Å². The van der Waals surface area contributed by atoms with E-state index in [2.05, 4.69) is 25.6 Å². The van der Waals surface area contributed by atoms with Crippen molar-refractivity contribution >= 4 is 33.6 Å². The van der Waals surface area contributed by atoms with Crippen LogP contribution in [0.4, 0.5) is 4.79 Å². The highest BCUT2D eigenvalue weighted by atomic mass is 79.9. The number of amides is 1. The molecule has 15 heavy (non-hydrogen) atoms. The van der Waals surface area contributed by atoms with Crippen LogP contribution in [0.3, 0.4) is 0 Å². The number of hydrogen-bond donors (Lipinski definition) is 1. The molecule has 84 valence electrons. The fourth-order valence-electron chi connectivity index (χ4n) is 0.835. The molecule has 1 aromatic rings. The van der Waals surface area contributed by atoms with Crippen LogP contribution in [0, 0.1) is 0 Å². The van der Waals surface area contributed by atoms with Gasteiger partial charge in [0.2, 0.25) is 0 Å². The second-order valence-electron chi connectivity index (χ2n) is 3.96. The number of rotatable bonds is 2. The molecule has 1 amide bonds. The van der Waals surface area contributed by atoms with Crippen molar-refractivity contribution in [2.45, 2.75) is 32.9 Å². The zero-order valence-corrected chi connectivity index (χ0v) is 11.2. The Balaban J connectivity index is 2.38. The molecule has 0 saturated heterocycles. The average Bonchev–Trinajstić information content (AvgIpc) is 2.44. The van der Waals surface area contributed by atoms with Crippen LogP contribution in [0.2, 0.25) is 0 Å². The number of aromatic nitrogens is 1. The van der Waals surface area contributed by atoms with Crippen LogP contribution in [-0.4, -0.2) is 16.1 Å². The number of halogens is 1. The summed E-state index contributed by atoms with van der Waals surface area (Å²) in [6.07, 6.45) is -0.428. The number of nitrogens with one attached hydrogen (secondary N) is 1. The van der Waals surface area contributed by atoms with Crippen LogP contribution in [0.1, 0.15) is 26.5 Å². The van der Waals surface area contributed by atoms with E-state index in [-0.39, 0.29) is 0 Å². The molecule has 0 bridgehead atoms. The Labute approximate surface area is 101 Å². The molecule has 1 N–H and O–H groups in total. The molecule has 6 heteroatoms. The Bertz CT molecular complexity index is 346. The third kappa shape index (κ3) is 4.61. The van der Waals surface area contributed by atoms with E-state index in [9.17, 15) is 4.79 Å². The normalized spacial score (nSPS) is 11.2. The maximum atomic E-state index is 11.3. The Morgan fingerprint density at radius 3 is 2.80 bits per heavy atom.